The molecule has 0 amide bonds. The van der Waals surface area contributed by atoms with E-state index in [0.717, 1.165) is 0 Å². The number of nitrogens with one attached hydrogen (secondary N) is 1. The number of benzene rings is 2. The predicted octanol–water partition coefficient (Wildman–Crippen LogP) is 3.62. The van der Waals surface area contributed by atoms with E-state index in [4.69, 9.17) is 18.9 Å². The van der Waals surface area contributed by atoms with Crippen molar-refractivity contribution in [1.29, 1.82) is 0 Å². The van der Waals surface area contributed by atoms with Gasteiger partial charge in [0.2, 0.25) is 11.5 Å². The van der Waals surface area contributed by atoms with Gasteiger partial charge in [-0.2, -0.15) is 5.10 Å². The van der Waals surface area contributed by atoms with Gasteiger partial charge in [-0.15, -0.1) is 0 Å². The van der Waals surface area contributed by atoms with Crippen LogP contribution in [0.4, 0.5) is 0 Å². The summed E-state index contributed by atoms with van der Waals surface area (Å²) < 4.78 is 21.6. The predicted molar refractivity (Wildman–Crippen MR) is 122 cm³/mol. The van der Waals surface area contributed by atoms with E-state index in [1.807, 2.05) is 18.2 Å². The average molecular weight is 443 g/mol. The molecule has 4 rings (SSSR count). The Morgan fingerprint density at radius 1 is 0.879 bits per heavy atom. The Labute approximate surface area is 190 Å². The van der Waals surface area contributed by atoms with Crippen LogP contribution < -0.4 is 18.9 Å². The molecule has 0 aliphatic carbocycles. The van der Waals surface area contributed by atoms with Crippen molar-refractivity contribution in [3.05, 3.63) is 71.2 Å². The first-order valence-electron chi connectivity index (χ1n) is 9.94. The molecule has 0 fully saturated rings. The Kier molecular flexibility index (Phi) is 6.13. The molecule has 0 bridgehead atoms. The van der Waals surface area contributed by atoms with Crippen LogP contribution in [0.25, 0.3) is 10.9 Å². The fourth-order valence-electron chi connectivity index (χ4n) is 3.45. The molecular formula is C25H21N3O5. The lowest BCUT2D eigenvalue weighted by Gasteiger charge is -2.13. The maximum atomic E-state index is 13.4. The number of ether oxygens (including phenoxy) is 4. The van der Waals surface area contributed by atoms with Gasteiger partial charge in [-0.05, 0) is 42.3 Å². The summed E-state index contributed by atoms with van der Waals surface area (Å²) in [5.74, 6) is 7.52. The molecule has 2 aromatic carbocycles. The number of carbonyl (C=O) groups excluding carboxylic acids is 1. The second kappa shape index (κ2) is 9.32. The number of methoxy groups -OCH3 is 4. The third-order valence-corrected chi connectivity index (χ3v) is 5.04. The molecule has 8 heteroatoms. The number of aromatic nitrogens is 3. The van der Waals surface area contributed by atoms with Gasteiger partial charge in [0.1, 0.15) is 17.1 Å². The van der Waals surface area contributed by atoms with Crippen LogP contribution in [0.2, 0.25) is 0 Å². The lowest BCUT2D eigenvalue weighted by Crippen LogP contribution is -2.05. The molecule has 0 radical (unpaired) electrons. The van der Waals surface area contributed by atoms with Gasteiger partial charge in [-0.1, -0.05) is 12.0 Å². The molecule has 0 aliphatic heterocycles. The molecule has 0 spiro atoms. The number of carbonyl (C=O) groups is 1. The topological polar surface area (TPSA) is 95.6 Å². The Morgan fingerprint density at radius 3 is 2.21 bits per heavy atom. The highest BCUT2D eigenvalue weighted by Gasteiger charge is 2.23. The number of pyridine rings is 1. The molecule has 33 heavy (non-hydrogen) atoms. The number of nitrogens with zero attached hydrogens (tertiary/aromatic N) is 2. The summed E-state index contributed by atoms with van der Waals surface area (Å²) in [5.41, 5.74) is 2.37. The molecule has 0 atom stereocenters. The highest BCUT2D eigenvalue weighted by Crippen LogP contribution is 2.39. The van der Waals surface area contributed by atoms with Gasteiger partial charge in [0.25, 0.3) is 0 Å². The standard InChI is InChI=1S/C25H21N3O5/c1-30-19-11-10-18-22(17(19)9-8-16-7-5-6-12-26-16)27-28-23(18)24(29)15-13-20(31-2)25(33-4)21(14-15)32-3/h5-7,10-14H,1-4H3,(H,27,28). The van der Waals surface area contributed by atoms with Gasteiger partial charge in [0, 0.05) is 17.1 Å². The van der Waals surface area contributed by atoms with E-state index in [0.29, 0.717) is 50.7 Å². The van der Waals surface area contributed by atoms with Crippen LogP contribution in [0.15, 0.2) is 48.7 Å². The van der Waals surface area contributed by atoms with Crippen LogP contribution in [0.5, 0.6) is 23.0 Å². The van der Waals surface area contributed by atoms with Gasteiger partial charge >= 0.3 is 0 Å². The fraction of sp³-hybridized carbons (Fsp3) is 0.160. The van der Waals surface area contributed by atoms with Crippen molar-refractivity contribution >= 4 is 16.7 Å². The summed E-state index contributed by atoms with van der Waals surface area (Å²) in [4.78, 5) is 17.6. The highest BCUT2D eigenvalue weighted by atomic mass is 16.5. The van der Waals surface area contributed by atoms with Gasteiger partial charge < -0.3 is 18.9 Å². The molecular weight excluding hydrogens is 422 g/mol. The van der Waals surface area contributed by atoms with E-state index in [9.17, 15) is 4.79 Å². The molecule has 1 N–H and O–H groups in total. The number of ketones is 1. The fourth-order valence-corrected chi connectivity index (χ4v) is 3.45. The van der Waals surface area contributed by atoms with Crippen molar-refractivity contribution in [2.75, 3.05) is 28.4 Å². The van der Waals surface area contributed by atoms with Gasteiger partial charge in [0.05, 0.1) is 39.5 Å². The molecule has 4 aromatic rings. The van der Waals surface area contributed by atoms with Crippen molar-refractivity contribution < 1.29 is 23.7 Å². The second-order valence-corrected chi connectivity index (χ2v) is 6.85. The van der Waals surface area contributed by atoms with E-state index < -0.39 is 0 Å². The van der Waals surface area contributed by atoms with E-state index >= 15 is 0 Å². The summed E-state index contributed by atoms with van der Waals surface area (Å²) in [5, 5.41) is 7.84. The summed E-state index contributed by atoms with van der Waals surface area (Å²) in [6, 6.07) is 12.2. The summed E-state index contributed by atoms with van der Waals surface area (Å²) in [7, 11) is 6.05. The zero-order chi connectivity index (χ0) is 23.4. The van der Waals surface area contributed by atoms with Crippen LogP contribution in [-0.2, 0) is 0 Å². The maximum Gasteiger partial charge on any atom is 0.214 e. The highest BCUT2D eigenvalue weighted by molar-refractivity contribution is 6.16. The number of hydrogen-bond acceptors (Lipinski definition) is 7. The number of H-pyrrole nitrogens is 1. The molecule has 2 aromatic heterocycles. The zero-order valence-corrected chi connectivity index (χ0v) is 18.6. The monoisotopic (exact) mass is 443 g/mol. The van der Waals surface area contributed by atoms with Crippen molar-refractivity contribution in [3.63, 3.8) is 0 Å². The van der Waals surface area contributed by atoms with Crippen molar-refractivity contribution in [3.8, 4) is 34.8 Å². The first kappa shape index (κ1) is 21.7. The molecule has 0 saturated heterocycles. The average Bonchev–Trinajstić information content (AvgIpc) is 3.30. The Bertz CT molecular complexity index is 1360. The number of fused-ring (bicyclic) bond motifs is 1. The molecule has 0 saturated carbocycles. The third-order valence-electron chi connectivity index (χ3n) is 5.04. The van der Waals surface area contributed by atoms with Crippen molar-refractivity contribution in [1.82, 2.24) is 15.2 Å². The summed E-state index contributed by atoms with van der Waals surface area (Å²) in [6.07, 6.45) is 1.67. The molecule has 0 unspecified atom stereocenters. The maximum absolute atomic E-state index is 13.4. The lowest BCUT2D eigenvalue weighted by molar-refractivity contribution is 0.103. The Hall–Kier alpha value is -4.51. The normalized spacial score (nSPS) is 10.3. The van der Waals surface area contributed by atoms with Gasteiger partial charge in [-0.3, -0.25) is 9.89 Å². The van der Waals surface area contributed by atoms with Crippen LogP contribution in [0.1, 0.15) is 27.3 Å². The van der Waals surface area contributed by atoms with Gasteiger partial charge in [-0.25, -0.2) is 4.98 Å². The van der Waals surface area contributed by atoms with E-state index in [-0.39, 0.29) is 11.5 Å². The van der Waals surface area contributed by atoms with Crippen LogP contribution >= 0.6 is 0 Å². The molecule has 8 nitrogen and oxygen atoms in total. The van der Waals surface area contributed by atoms with Crippen LogP contribution in [0, 0.1) is 11.8 Å². The Balaban J connectivity index is 1.82. The largest absolute Gasteiger partial charge is 0.495 e. The second-order valence-electron chi connectivity index (χ2n) is 6.85. The van der Waals surface area contributed by atoms with E-state index in [2.05, 4.69) is 27.0 Å². The summed E-state index contributed by atoms with van der Waals surface area (Å²) in [6.45, 7) is 0. The molecule has 0 aliphatic rings. The summed E-state index contributed by atoms with van der Waals surface area (Å²) >= 11 is 0. The quantitative estimate of drug-likeness (QED) is 0.359. The Morgan fingerprint density at radius 2 is 1.61 bits per heavy atom. The van der Waals surface area contributed by atoms with Crippen molar-refractivity contribution in [2.24, 2.45) is 0 Å². The van der Waals surface area contributed by atoms with Crippen molar-refractivity contribution in [2.45, 2.75) is 0 Å². The van der Waals surface area contributed by atoms with Crippen LogP contribution in [0.3, 0.4) is 0 Å². The minimum Gasteiger partial charge on any atom is -0.495 e. The minimum atomic E-state index is -0.311. The minimum absolute atomic E-state index is 0.239. The SMILES string of the molecule is COc1cc(C(=O)c2n[nH]c3c(C#Cc4ccccn4)c(OC)ccc23)cc(OC)c1OC. The molecule has 166 valence electrons. The van der Waals surface area contributed by atoms with Gasteiger partial charge in [0.15, 0.2) is 11.5 Å². The molecule has 2 heterocycles. The first-order chi connectivity index (χ1) is 16.1. The number of hydrogen-bond donors (Lipinski definition) is 1. The number of aromatic amines is 1. The third kappa shape index (κ3) is 4.04. The van der Waals surface area contributed by atoms with E-state index in [1.165, 1.54) is 21.3 Å². The van der Waals surface area contributed by atoms with E-state index in [1.54, 1.807) is 37.6 Å². The number of rotatable bonds is 6. The smallest absolute Gasteiger partial charge is 0.214 e. The lowest BCUT2D eigenvalue weighted by atomic mass is 10.0. The van der Waals surface area contributed by atoms with Crippen LogP contribution in [-0.4, -0.2) is 49.4 Å². The zero-order valence-electron chi connectivity index (χ0n) is 18.6. The first-order valence-corrected chi connectivity index (χ1v) is 9.94.